The second-order valence-electron chi connectivity index (χ2n) is 6.96. The van der Waals surface area contributed by atoms with Crippen molar-refractivity contribution in [3.05, 3.63) is 29.8 Å². The van der Waals surface area contributed by atoms with Crippen molar-refractivity contribution < 1.29 is 8.42 Å². The van der Waals surface area contributed by atoms with E-state index >= 15 is 0 Å². The number of benzene rings is 1. The lowest BCUT2D eigenvalue weighted by Crippen LogP contribution is -2.37. The Bertz CT molecular complexity index is 671. The van der Waals surface area contributed by atoms with Gasteiger partial charge in [0, 0.05) is 13.1 Å². The van der Waals surface area contributed by atoms with Crippen molar-refractivity contribution in [1.82, 2.24) is 10.6 Å². The molecule has 0 spiro atoms. The first-order valence-corrected chi connectivity index (χ1v) is 11.2. The number of halogens is 1. The number of sulfonamides is 1. The van der Waals surface area contributed by atoms with Gasteiger partial charge in [0.05, 0.1) is 11.4 Å². The highest BCUT2D eigenvalue weighted by Crippen LogP contribution is 2.28. The molecule has 0 heterocycles. The van der Waals surface area contributed by atoms with Crippen molar-refractivity contribution in [3.63, 3.8) is 0 Å². The lowest BCUT2D eigenvalue weighted by Gasteiger charge is -2.12. The third-order valence-corrected chi connectivity index (χ3v) is 5.75. The fraction of sp³-hybridized carbons (Fsp3) is 0.632. The van der Waals surface area contributed by atoms with Gasteiger partial charge in [-0.15, -0.1) is 24.0 Å². The molecule has 1 aromatic carbocycles. The van der Waals surface area contributed by atoms with E-state index in [1.54, 1.807) is 12.1 Å². The van der Waals surface area contributed by atoms with E-state index in [2.05, 4.69) is 15.6 Å². The monoisotopic (exact) mass is 508 g/mol. The maximum Gasteiger partial charge on any atom is 0.238 e. The molecular formula is C19H33IN4O2S. The van der Waals surface area contributed by atoms with Gasteiger partial charge < -0.3 is 10.6 Å². The maximum atomic E-state index is 11.3. The fourth-order valence-corrected chi connectivity index (χ4v) is 3.88. The maximum absolute atomic E-state index is 11.3. The number of nitrogens with two attached hydrogens (primary N) is 1. The molecule has 0 amide bonds. The fourth-order valence-electron chi connectivity index (χ4n) is 3.36. The Morgan fingerprint density at radius 2 is 1.81 bits per heavy atom. The topological polar surface area (TPSA) is 96.6 Å². The molecule has 0 atom stereocenters. The number of hydrogen-bond acceptors (Lipinski definition) is 3. The third kappa shape index (κ3) is 9.25. The van der Waals surface area contributed by atoms with E-state index in [-0.39, 0.29) is 28.9 Å². The Kier molecular flexibility index (Phi) is 11.2. The Morgan fingerprint density at radius 3 is 2.41 bits per heavy atom. The van der Waals surface area contributed by atoms with Crippen molar-refractivity contribution >= 4 is 40.0 Å². The number of primary sulfonamides is 1. The highest BCUT2D eigenvalue weighted by atomic mass is 127. The zero-order valence-corrected chi connectivity index (χ0v) is 19.3. The predicted octanol–water partition coefficient (Wildman–Crippen LogP) is 3.37. The van der Waals surface area contributed by atoms with Crippen LogP contribution in [0.15, 0.2) is 34.2 Å². The van der Waals surface area contributed by atoms with E-state index in [4.69, 9.17) is 5.14 Å². The van der Waals surface area contributed by atoms with Crippen LogP contribution in [-0.4, -0.2) is 27.5 Å². The van der Waals surface area contributed by atoms with Crippen molar-refractivity contribution in [1.29, 1.82) is 0 Å². The molecule has 0 bridgehead atoms. The predicted molar refractivity (Wildman–Crippen MR) is 122 cm³/mol. The molecule has 1 aliphatic carbocycles. The van der Waals surface area contributed by atoms with Gasteiger partial charge in [0.1, 0.15) is 0 Å². The average molecular weight is 508 g/mol. The van der Waals surface area contributed by atoms with Gasteiger partial charge in [-0.25, -0.2) is 18.5 Å². The van der Waals surface area contributed by atoms with Crippen LogP contribution in [0.2, 0.25) is 0 Å². The van der Waals surface area contributed by atoms with E-state index in [1.807, 2.05) is 6.92 Å². The van der Waals surface area contributed by atoms with Crippen molar-refractivity contribution in [2.75, 3.05) is 13.1 Å². The summed E-state index contributed by atoms with van der Waals surface area (Å²) in [7, 11) is -3.64. The van der Waals surface area contributed by atoms with E-state index in [9.17, 15) is 8.42 Å². The molecule has 0 radical (unpaired) electrons. The van der Waals surface area contributed by atoms with Crippen LogP contribution < -0.4 is 15.8 Å². The van der Waals surface area contributed by atoms with Gasteiger partial charge in [0.25, 0.3) is 0 Å². The summed E-state index contributed by atoms with van der Waals surface area (Å²) in [5, 5.41) is 11.7. The molecule has 1 aromatic rings. The Balaban J connectivity index is 0.00000364. The normalized spacial score (nSPS) is 15.4. The van der Waals surface area contributed by atoms with Gasteiger partial charge in [0.15, 0.2) is 5.96 Å². The molecule has 2 rings (SSSR count). The molecule has 4 N–H and O–H groups in total. The van der Waals surface area contributed by atoms with Gasteiger partial charge >= 0.3 is 0 Å². The van der Waals surface area contributed by atoms with Crippen LogP contribution >= 0.6 is 24.0 Å². The van der Waals surface area contributed by atoms with Gasteiger partial charge in [-0.2, -0.15) is 0 Å². The summed E-state index contributed by atoms with van der Waals surface area (Å²) < 4.78 is 22.6. The van der Waals surface area contributed by atoms with Gasteiger partial charge in [0.2, 0.25) is 10.0 Å². The minimum Gasteiger partial charge on any atom is -0.357 e. The molecule has 154 valence electrons. The summed E-state index contributed by atoms with van der Waals surface area (Å²) in [6.07, 6.45) is 9.45. The van der Waals surface area contributed by atoms with Crippen LogP contribution in [0.25, 0.3) is 0 Å². The largest absolute Gasteiger partial charge is 0.357 e. The second kappa shape index (κ2) is 12.6. The van der Waals surface area contributed by atoms with Crippen molar-refractivity contribution in [2.24, 2.45) is 16.0 Å². The molecule has 1 saturated carbocycles. The molecular weight excluding hydrogens is 475 g/mol. The van der Waals surface area contributed by atoms with Gasteiger partial charge in [-0.05, 0) is 37.0 Å². The van der Waals surface area contributed by atoms with Crippen LogP contribution in [0.4, 0.5) is 0 Å². The molecule has 1 fully saturated rings. The summed E-state index contributed by atoms with van der Waals surface area (Å²) in [4.78, 5) is 4.69. The second-order valence-corrected chi connectivity index (χ2v) is 8.52. The molecule has 0 aromatic heterocycles. The molecule has 0 unspecified atom stereocenters. The molecule has 27 heavy (non-hydrogen) atoms. The molecule has 0 saturated heterocycles. The zero-order valence-electron chi connectivity index (χ0n) is 16.1. The minimum absolute atomic E-state index is 0. The first-order chi connectivity index (χ1) is 12.5. The SMILES string of the molecule is CCNC(=NCc1ccc(S(N)(=O)=O)cc1)NCCCCC1CCCC1.I. The Hall–Kier alpha value is -0.870. The lowest BCUT2D eigenvalue weighted by molar-refractivity contribution is 0.472. The van der Waals surface area contributed by atoms with Crippen LogP contribution in [0.5, 0.6) is 0 Å². The summed E-state index contributed by atoms with van der Waals surface area (Å²) >= 11 is 0. The Labute approximate surface area is 180 Å². The van der Waals surface area contributed by atoms with E-state index in [0.29, 0.717) is 6.54 Å². The van der Waals surface area contributed by atoms with Crippen LogP contribution in [0.1, 0.15) is 57.4 Å². The lowest BCUT2D eigenvalue weighted by atomic mass is 10.0. The summed E-state index contributed by atoms with van der Waals surface area (Å²) in [5.41, 5.74) is 0.941. The molecule has 8 heteroatoms. The van der Waals surface area contributed by atoms with Crippen LogP contribution in [-0.2, 0) is 16.6 Å². The smallest absolute Gasteiger partial charge is 0.238 e. The highest BCUT2D eigenvalue weighted by molar-refractivity contribution is 14.0. The number of rotatable bonds is 9. The molecule has 1 aliphatic rings. The summed E-state index contributed by atoms with van der Waals surface area (Å²) in [5.74, 6) is 1.75. The standard InChI is InChI=1S/C19H32N4O2S.HI/c1-2-21-19(22-14-6-5-9-16-7-3-4-8-16)23-15-17-10-12-18(13-11-17)26(20,24)25;/h10-13,16H,2-9,14-15H2,1H3,(H2,20,24,25)(H2,21,22,23);1H. The Morgan fingerprint density at radius 1 is 1.15 bits per heavy atom. The summed E-state index contributed by atoms with van der Waals surface area (Å²) in [6.45, 7) is 4.25. The highest BCUT2D eigenvalue weighted by Gasteiger charge is 2.13. The van der Waals surface area contributed by atoms with Crippen molar-refractivity contribution in [2.45, 2.75) is 63.3 Å². The van der Waals surface area contributed by atoms with E-state index in [0.717, 1.165) is 37.0 Å². The van der Waals surface area contributed by atoms with Crippen molar-refractivity contribution in [3.8, 4) is 0 Å². The number of guanidine groups is 1. The van der Waals surface area contributed by atoms with Gasteiger partial charge in [-0.3, -0.25) is 0 Å². The number of hydrogen-bond donors (Lipinski definition) is 3. The number of aliphatic imine (C=N–C) groups is 1. The number of nitrogens with one attached hydrogen (secondary N) is 2. The quantitative estimate of drug-likeness (QED) is 0.206. The first kappa shape index (κ1) is 24.2. The van der Waals surface area contributed by atoms with Gasteiger partial charge in [-0.1, -0.05) is 50.7 Å². The van der Waals surface area contributed by atoms with E-state index in [1.165, 1.54) is 50.7 Å². The average Bonchev–Trinajstić information content (AvgIpc) is 3.12. The zero-order chi connectivity index (χ0) is 18.8. The van der Waals surface area contributed by atoms with Crippen LogP contribution in [0.3, 0.4) is 0 Å². The molecule has 6 nitrogen and oxygen atoms in total. The van der Waals surface area contributed by atoms with E-state index < -0.39 is 10.0 Å². The number of nitrogens with zero attached hydrogens (tertiary/aromatic N) is 1. The number of unbranched alkanes of at least 4 members (excludes halogenated alkanes) is 1. The third-order valence-electron chi connectivity index (χ3n) is 4.82. The first-order valence-electron chi connectivity index (χ1n) is 9.63. The van der Waals surface area contributed by atoms with Crippen LogP contribution in [0, 0.1) is 5.92 Å². The molecule has 0 aliphatic heterocycles. The minimum atomic E-state index is -3.64. The summed E-state index contributed by atoms with van der Waals surface area (Å²) in [6, 6.07) is 6.52.